The summed E-state index contributed by atoms with van der Waals surface area (Å²) < 4.78 is 10.4. The number of anilines is 2. The van der Waals surface area contributed by atoms with E-state index in [2.05, 4.69) is 15.8 Å². The monoisotopic (exact) mass is 430 g/mol. The van der Waals surface area contributed by atoms with Crippen LogP contribution < -0.4 is 15.5 Å². The number of urea groups is 1. The maximum Gasteiger partial charge on any atom is 0.322 e. The summed E-state index contributed by atoms with van der Waals surface area (Å²) in [5, 5.41) is 9.42. The molecule has 0 aliphatic carbocycles. The first-order chi connectivity index (χ1) is 14.9. The molecule has 2 heterocycles. The van der Waals surface area contributed by atoms with Crippen LogP contribution in [0.5, 0.6) is 0 Å². The SMILES string of the molecule is Cc1cc(NC(=O)CN(CCC[NH+]2CCOCC2)C(=O)Nc2cccc(C)c2C)no1. The van der Waals surface area contributed by atoms with Crippen LogP contribution in [0.2, 0.25) is 0 Å². The molecule has 0 radical (unpaired) electrons. The van der Waals surface area contributed by atoms with Crippen molar-refractivity contribution in [3.8, 4) is 0 Å². The second-order valence-electron chi connectivity index (χ2n) is 7.94. The number of carbonyl (C=O) groups excluding carboxylic acids is 2. The van der Waals surface area contributed by atoms with E-state index in [9.17, 15) is 9.59 Å². The highest BCUT2D eigenvalue weighted by atomic mass is 16.5. The molecule has 31 heavy (non-hydrogen) atoms. The van der Waals surface area contributed by atoms with Gasteiger partial charge >= 0.3 is 6.03 Å². The van der Waals surface area contributed by atoms with Crippen molar-refractivity contribution in [1.82, 2.24) is 10.1 Å². The molecule has 0 spiro atoms. The minimum Gasteiger partial charge on any atom is -0.370 e. The fourth-order valence-corrected chi connectivity index (χ4v) is 3.54. The molecular weight excluding hydrogens is 398 g/mol. The van der Waals surface area contributed by atoms with Crippen molar-refractivity contribution < 1.29 is 23.7 Å². The lowest BCUT2D eigenvalue weighted by Crippen LogP contribution is -3.14. The third-order valence-electron chi connectivity index (χ3n) is 5.52. The number of quaternary nitrogens is 1. The van der Waals surface area contributed by atoms with Gasteiger partial charge in [-0.2, -0.15) is 0 Å². The molecule has 9 heteroatoms. The van der Waals surface area contributed by atoms with Crippen LogP contribution in [0.25, 0.3) is 0 Å². The van der Waals surface area contributed by atoms with Crippen LogP contribution in [-0.4, -0.2) is 67.9 Å². The highest BCUT2D eigenvalue weighted by Gasteiger charge is 2.20. The smallest absolute Gasteiger partial charge is 0.322 e. The lowest BCUT2D eigenvalue weighted by molar-refractivity contribution is -0.908. The van der Waals surface area contributed by atoms with Gasteiger partial charge < -0.3 is 29.7 Å². The van der Waals surface area contributed by atoms with Gasteiger partial charge in [0.1, 0.15) is 25.4 Å². The Kier molecular flexibility index (Phi) is 8.02. The zero-order valence-corrected chi connectivity index (χ0v) is 18.5. The van der Waals surface area contributed by atoms with Crippen LogP contribution in [0.4, 0.5) is 16.3 Å². The van der Waals surface area contributed by atoms with Crippen LogP contribution >= 0.6 is 0 Å². The lowest BCUT2D eigenvalue weighted by Gasteiger charge is -2.26. The Morgan fingerprint density at radius 3 is 2.65 bits per heavy atom. The molecule has 3 rings (SSSR count). The maximum atomic E-state index is 13.0. The molecule has 0 bridgehead atoms. The van der Waals surface area contributed by atoms with Crippen molar-refractivity contribution in [2.75, 3.05) is 56.6 Å². The zero-order chi connectivity index (χ0) is 22.2. The van der Waals surface area contributed by atoms with Gasteiger partial charge in [-0.25, -0.2) is 4.79 Å². The predicted octanol–water partition coefficient (Wildman–Crippen LogP) is 1.38. The molecule has 3 N–H and O–H groups in total. The highest BCUT2D eigenvalue weighted by Crippen LogP contribution is 2.18. The standard InChI is InChI=1S/C22H31N5O4/c1-16-6-4-7-19(18(16)3)23-22(29)27(9-5-8-26-10-12-30-13-11-26)15-21(28)24-20-14-17(2)31-25-20/h4,6-7,14H,5,8-13,15H2,1-3H3,(H,23,29)(H,24,25,28)/p+1. The third kappa shape index (κ3) is 6.80. The third-order valence-corrected chi connectivity index (χ3v) is 5.52. The minimum atomic E-state index is -0.317. The van der Waals surface area contributed by atoms with E-state index in [0.29, 0.717) is 18.1 Å². The molecule has 1 aromatic carbocycles. The molecule has 1 aromatic heterocycles. The van der Waals surface area contributed by atoms with Crippen LogP contribution in [0, 0.1) is 20.8 Å². The van der Waals surface area contributed by atoms with E-state index < -0.39 is 0 Å². The van der Waals surface area contributed by atoms with Gasteiger partial charge in [-0.1, -0.05) is 17.3 Å². The molecular formula is C22H32N5O4+. The maximum absolute atomic E-state index is 13.0. The van der Waals surface area contributed by atoms with Gasteiger partial charge in [0.05, 0.1) is 19.8 Å². The highest BCUT2D eigenvalue weighted by molar-refractivity contribution is 5.96. The van der Waals surface area contributed by atoms with Crippen molar-refractivity contribution in [3.63, 3.8) is 0 Å². The zero-order valence-electron chi connectivity index (χ0n) is 18.5. The van der Waals surface area contributed by atoms with Crippen LogP contribution in [-0.2, 0) is 9.53 Å². The van der Waals surface area contributed by atoms with Gasteiger partial charge in [0.15, 0.2) is 5.82 Å². The number of amides is 3. The number of nitrogens with one attached hydrogen (secondary N) is 3. The Morgan fingerprint density at radius 1 is 1.16 bits per heavy atom. The quantitative estimate of drug-likeness (QED) is 0.587. The number of rotatable bonds is 8. The molecule has 2 aromatic rings. The molecule has 0 atom stereocenters. The second kappa shape index (κ2) is 10.9. The molecule has 1 aliphatic heterocycles. The largest absolute Gasteiger partial charge is 0.370 e. The number of aromatic nitrogens is 1. The van der Waals surface area contributed by atoms with Crippen molar-refractivity contribution >= 4 is 23.4 Å². The predicted molar refractivity (Wildman–Crippen MR) is 117 cm³/mol. The average Bonchev–Trinajstić information content (AvgIpc) is 3.15. The first kappa shape index (κ1) is 22.8. The Balaban J connectivity index is 1.62. The first-order valence-electron chi connectivity index (χ1n) is 10.7. The summed E-state index contributed by atoms with van der Waals surface area (Å²) >= 11 is 0. The first-order valence-corrected chi connectivity index (χ1v) is 10.7. The Labute approximate surface area is 182 Å². The summed E-state index contributed by atoms with van der Waals surface area (Å²) in [5.74, 6) is 0.631. The molecule has 1 saturated heterocycles. The minimum absolute atomic E-state index is 0.0684. The number of hydrogen-bond acceptors (Lipinski definition) is 5. The summed E-state index contributed by atoms with van der Waals surface area (Å²) in [6, 6.07) is 7.12. The van der Waals surface area contributed by atoms with E-state index in [0.717, 1.165) is 56.1 Å². The van der Waals surface area contributed by atoms with E-state index in [-0.39, 0.29) is 18.5 Å². The van der Waals surface area contributed by atoms with Crippen molar-refractivity contribution in [2.45, 2.75) is 27.2 Å². The van der Waals surface area contributed by atoms with Gasteiger partial charge in [-0.3, -0.25) is 4.79 Å². The molecule has 1 aliphatic rings. The fraction of sp³-hybridized carbons (Fsp3) is 0.500. The van der Waals surface area contributed by atoms with Gasteiger partial charge in [-0.15, -0.1) is 0 Å². The Hall–Kier alpha value is -2.91. The topological polar surface area (TPSA) is 101 Å². The van der Waals surface area contributed by atoms with E-state index in [1.807, 2.05) is 32.0 Å². The van der Waals surface area contributed by atoms with Crippen LogP contribution in [0.15, 0.2) is 28.8 Å². The second-order valence-corrected chi connectivity index (χ2v) is 7.94. The van der Waals surface area contributed by atoms with Gasteiger partial charge in [-0.05, 0) is 38.0 Å². The van der Waals surface area contributed by atoms with E-state index in [1.165, 1.54) is 4.90 Å². The van der Waals surface area contributed by atoms with Crippen molar-refractivity contribution in [1.29, 1.82) is 0 Å². The average molecular weight is 431 g/mol. The molecule has 1 fully saturated rings. The number of aryl methyl sites for hydroxylation is 2. The van der Waals surface area contributed by atoms with Crippen LogP contribution in [0.1, 0.15) is 23.3 Å². The lowest BCUT2D eigenvalue weighted by atomic mass is 10.1. The normalized spacial score (nSPS) is 14.3. The summed E-state index contributed by atoms with van der Waals surface area (Å²) in [6.45, 7) is 10.5. The number of nitrogens with zero attached hydrogens (tertiary/aromatic N) is 2. The molecule has 9 nitrogen and oxygen atoms in total. The summed E-state index contributed by atoms with van der Waals surface area (Å²) in [4.78, 5) is 28.6. The van der Waals surface area contributed by atoms with E-state index in [4.69, 9.17) is 9.26 Å². The number of morpholine rings is 1. The van der Waals surface area contributed by atoms with Gasteiger partial charge in [0.25, 0.3) is 0 Å². The molecule has 168 valence electrons. The summed E-state index contributed by atoms with van der Waals surface area (Å²) in [7, 11) is 0. The number of hydrogen-bond donors (Lipinski definition) is 3. The molecule has 0 unspecified atom stereocenters. The molecule has 3 amide bonds. The number of carbonyl (C=O) groups is 2. The van der Waals surface area contributed by atoms with Crippen molar-refractivity contribution in [3.05, 3.63) is 41.2 Å². The van der Waals surface area contributed by atoms with Crippen molar-refractivity contribution in [2.24, 2.45) is 0 Å². The summed E-state index contributed by atoms with van der Waals surface area (Å²) in [6.07, 6.45) is 0.798. The summed E-state index contributed by atoms with van der Waals surface area (Å²) in [5.41, 5.74) is 2.86. The number of ether oxygens (including phenoxy) is 1. The Morgan fingerprint density at radius 2 is 1.94 bits per heavy atom. The van der Waals surface area contributed by atoms with Crippen LogP contribution in [0.3, 0.4) is 0 Å². The van der Waals surface area contributed by atoms with Gasteiger partial charge in [0.2, 0.25) is 5.91 Å². The fourth-order valence-electron chi connectivity index (χ4n) is 3.54. The Bertz CT molecular complexity index is 892. The molecule has 0 saturated carbocycles. The van der Waals surface area contributed by atoms with E-state index in [1.54, 1.807) is 17.9 Å². The van der Waals surface area contributed by atoms with E-state index >= 15 is 0 Å². The number of benzene rings is 1. The van der Waals surface area contributed by atoms with Gasteiger partial charge in [0, 0.05) is 24.7 Å².